The van der Waals surface area contributed by atoms with E-state index in [1.807, 2.05) is 31.2 Å². The van der Waals surface area contributed by atoms with Crippen LogP contribution in [0.25, 0.3) is 28.3 Å². The minimum Gasteiger partial charge on any atom is -0.298 e. The highest BCUT2D eigenvalue weighted by atomic mass is 19.1. The van der Waals surface area contributed by atoms with Crippen molar-refractivity contribution in [2.45, 2.75) is 13.5 Å². The third kappa shape index (κ3) is 2.66. The quantitative estimate of drug-likeness (QED) is 0.499. The van der Waals surface area contributed by atoms with E-state index >= 15 is 0 Å². The number of hydrogen-bond donors (Lipinski definition) is 1. The lowest BCUT2D eigenvalue weighted by Gasteiger charge is -2.05. The Kier molecular flexibility index (Phi) is 3.92. The van der Waals surface area contributed by atoms with Crippen LogP contribution in [-0.4, -0.2) is 28.7 Å². The van der Waals surface area contributed by atoms with Crippen molar-refractivity contribution < 1.29 is 4.39 Å². The highest BCUT2D eigenvalue weighted by Gasteiger charge is 2.23. The van der Waals surface area contributed by atoms with Crippen LogP contribution in [0.1, 0.15) is 11.1 Å². The number of benzene rings is 2. The molecule has 5 rings (SSSR count). The lowest BCUT2D eigenvalue weighted by molar-refractivity contribution is 0.628. The van der Waals surface area contributed by atoms with Gasteiger partial charge in [-0.3, -0.25) is 18.9 Å². The average molecular weight is 404 g/mol. The van der Waals surface area contributed by atoms with E-state index in [1.54, 1.807) is 28.1 Å². The van der Waals surface area contributed by atoms with Crippen molar-refractivity contribution in [3.8, 4) is 11.4 Å². The van der Waals surface area contributed by atoms with Crippen LogP contribution in [0.2, 0.25) is 0 Å². The van der Waals surface area contributed by atoms with Crippen molar-refractivity contribution in [3.05, 3.63) is 86.3 Å². The van der Waals surface area contributed by atoms with Crippen LogP contribution in [0.15, 0.2) is 58.1 Å². The van der Waals surface area contributed by atoms with E-state index in [0.29, 0.717) is 34.9 Å². The molecule has 3 heterocycles. The highest BCUT2D eigenvalue weighted by molar-refractivity contribution is 5.79. The Morgan fingerprint density at radius 3 is 2.40 bits per heavy atom. The number of nitrogens with one attached hydrogen (secondary N) is 1. The topological polar surface area (TPSA) is 90.0 Å². The van der Waals surface area contributed by atoms with E-state index in [1.165, 1.54) is 16.7 Å². The first-order chi connectivity index (χ1) is 14.4. The van der Waals surface area contributed by atoms with Crippen molar-refractivity contribution in [3.63, 3.8) is 0 Å². The maximum atomic E-state index is 13.4. The van der Waals surface area contributed by atoms with E-state index < -0.39 is 11.2 Å². The average Bonchev–Trinajstić information content (AvgIpc) is 3.28. The van der Waals surface area contributed by atoms with Crippen LogP contribution in [0.4, 0.5) is 4.39 Å². The summed E-state index contributed by atoms with van der Waals surface area (Å²) in [7, 11) is 1.57. The fourth-order valence-corrected chi connectivity index (χ4v) is 3.65. The molecular formula is C21H17FN6O2. The van der Waals surface area contributed by atoms with E-state index in [0.717, 1.165) is 11.1 Å². The van der Waals surface area contributed by atoms with Gasteiger partial charge >= 0.3 is 5.69 Å². The number of aryl methyl sites for hydroxylation is 2. The van der Waals surface area contributed by atoms with Gasteiger partial charge in [0, 0.05) is 12.6 Å². The van der Waals surface area contributed by atoms with Gasteiger partial charge in [-0.15, -0.1) is 10.2 Å². The van der Waals surface area contributed by atoms with E-state index in [2.05, 4.69) is 15.2 Å². The number of halogens is 1. The number of nitrogens with zero attached hydrogens (tertiary/aromatic N) is 5. The lowest BCUT2D eigenvalue weighted by atomic mass is 10.1. The molecule has 0 radical (unpaired) electrons. The summed E-state index contributed by atoms with van der Waals surface area (Å²) in [5, 5.41) is 8.56. The first-order valence-electron chi connectivity index (χ1n) is 9.32. The van der Waals surface area contributed by atoms with Crippen LogP contribution in [0.3, 0.4) is 0 Å². The molecule has 2 aromatic carbocycles. The molecule has 0 bridgehead atoms. The summed E-state index contributed by atoms with van der Waals surface area (Å²) < 4.78 is 18.1. The Labute approximate surface area is 168 Å². The van der Waals surface area contributed by atoms with E-state index in [9.17, 15) is 14.0 Å². The number of hydrogen-bond acceptors (Lipinski definition) is 4. The largest absolute Gasteiger partial charge is 0.329 e. The number of fused-ring (bicyclic) bond motifs is 3. The Morgan fingerprint density at radius 2 is 1.70 bits per heavy atom. The molecule has 5 aromatic rings. The predicted molar refractivity (Wildman–Crippen MR) is 110 cm³/mol. The molecule has 150 valence electrons. The molecule has 0 aliphatic rings. The summed E-state index contributed by atoms with van der Waals surface area (Å²) >= 11 is 0. The minimum atomic E-state index is -0.541. The van der Waals surface area contributed by atoms with Gasteiger partial charge in [-0.1, -0.05) is 29.8 Å². The van der Waals surface area contributed by atoms with Crippen LogP contribution < -0.4 is 11.2 Å². The smallest absolute Gasteiger partial charge is 0.298 e. The third-order valence-electron chi connectivity index (χ3n) is 5.20. The summed E-state index contributed by atoms with van der Waals surface area (Å²) in [6, 6.07) is 13.8. The van der Waals surface area contributed by atoms with Gasteiger partial charge < -0.3 is 0 Å². The Morgan fingerprint density at radius 1 is 1.00 bits per heavy atom. The van der Waals surface area contributed by atoms with Crippen molar-refractivity contribution in [1.29, 1.82) is 0 Å². The Hall–Kier alpha value is -4.01. The molecule has 30 heavy (non-hydrogen) atoms. The Balaban J connectivity index is 1.86. The fraction of sp³-hybridized carbons (Fsp3) is 0.143. The molecule has 1 N–H and O–H groups in total. The standard InChI is InChI=1S/C21H17FN6O2/c1-12-3-5-13(6-4-12)11-27-16-18(29)23-21(30)26(2)19(16)28-17(24-25-20(27)28)14-7-9-15(22)10-8-14/h3-10H,11H2,1-2H3,(H,23,29,30). The Bertz CT molecular complexity index is 1520. The number of rotatable bonds is 3. The molecule has 0 atom stereocenters. The zero-order valence-corrected chi connectivity index (χ0v) is 16.3. The van der Waals surface area contributed by atoms with Crippen LogP contribution in [-0.2, 0) is 13.6 Å². The molecule has 0 amide bonds. The van der Waals surface area contributed by atoms with Gasteiger partial charge in [-0.2, -0.15) is 0 Å². The highest BCUT2D eigenvalue weighted by Crippen LogP contribution is 2.25. The SMILES string of the molecule is Cc1ccc(Cn2c3c(=O)[nH]c(=O)n(C)c3n3c(-c4ccc(F)cc4)nnc23)cc1. The second kappa shape index (κ2) is 6.51. The molecule has 0 saturated heterocycles. The first kappa shape index (κ1) is 18.0. The summed E-state index contributed by atoms with van der Waals surface area (Å²) in [6.45, 7) is 2.37. The minimum absolute atomic E-state index is 0.311. The molecule has 3 aromatic heterocycles. The molecule has 0 unspecified atom stereocenters. The molecule has 9 heteroatoms. The van der Waals surface area contributed by atoms with Gasteiger partial charge in [-0.05, 0) is 36.8 Å². The van der Waals surface area contributed by atoms with Crippen LogP contribution in [0, 0.1) is 12.7 Å². The maximum Gasteiger partial charge on any atom is 0.329 e. The predicted octanol–water partition coefficient (Wildman–Crippen LogP) is 2.23. The second-order valence-corrected chi connectivity index (χ2v) is 7.23. The van der Waals surface area contributed by atoms with Gasteiger partial charge in [0.25, 0.3) is 5.56 Å². The van der Waals surface area contributed by atoms with E-state index in [-0.39, 0.29) is 5.82 Å². The molecule has 0 saturated carbocycles. The molecule has 0 spiro atoms. The summed E-state index contributed by atoms with van der Waals surface area (Å²) in [5.41, 5.74) is 2.35. The summed E-state index contributed by atoms with van der Waals surface area (Å²) in [5.74, 6) is 0.458. The monoisotopic (exact) mass is 404 g/mol. The van der Waals surface area contributed by atoms with E-state index in [4.69, 9.17) is 0 Å². The van der Waals surface area contributed by atoms with Gasteiger partial charge in [0.15, 0.2) is 17.0 Å². The third-order valence-corrected chi connectivity index (χ3v) is 5.20. The zero-order valence-electron chi connectivity index (χ0n) is 16.3. The van der Waals surface area contributed by atoms with Gasteiger partial charge in [0.1, 0.15) is 5.82 Å². The number of imidazole rings is 1. The fourth-order valence-electron chi connectivity index (χ4n) is 3.65. The molecule has 0 aliphatic carbocycles. The normalized spacial score (nSPS) is 11.6. The molecule has 0 aliphatic heterocycles. The number of aromatic nitrogens is 6. The number of aromatic amines is 1. The van der Waals surface area contributed by atoms with Crippen molar-refractivity contribution in [2.75, 3.05) is 0 Å². The molecular weight excluding hydrogens is 387 g/mol. The van der Waals surface area contributed by atoms with Crippen molar-refractivity contribution >= 4 is 16.9 Å². The van der Waals surface area contributed by atoms with Crippen LogP contribution >= 0.6 is 0 Å². The van der Waals surface area contributed by atoms with Crippen LogP contribution in [0.5, 0.6) is 0 Å². The van der Waals surface area contributed by atoms with Gasteiger partial charge in [0.2, 0.25) is 5.78 Å². The maximum absolute atomic E-state index is 13.4. The summed E-state index contributed by atoms with van der Waals surface area (Å²) in [6.07, 6.45) is 0. The van der Waals surface area contributed by atoms with Gasteiger partial charge in [0.05, 0.1) is 6.54 Å². The zero-order chi connectivity index (χ0) is 21.0. The number of H-pyrrole nitrogens is 1. The first-order valence-corrected chi connectivity index (χ1v) is 9.32. The summed E-state index contributed by atoms with van der Waals surface area (Å²) in [4.78, 5) is 27.4. The van der Waals surface area contributed by atoms with Crippen molar-refractivity contribution in [1.82, 2.24) is 28.7 Å². The lowest BCUT2D eigenvalue weighted by Crippen LogP contribution is -2.29. The van der Waals surface area contributed by atoms with Crippen molar-refractivity contribution in [2.24, 2.45) is 7.05 Å². The molecule has 0 fully saturated rings. The second-order valence-electron chi connectivity index (χ2n) is 7.23. The molecule has 8 nitrogen and oxygen atoms in total. The van der Waals surface area contributed by atoms with Gasteiger partial charge in [-0.25, -0.2) is 13.6 Å².